The van der Waals surface area contributed by atoms with Gasteiger partial charge < -0.3 is 89.9 Å². The SMILES string of the molecule is CCCCCCCCCCCCCCCCCCCCCCCCCC/C=C/CC/C=C/C(O)C(COC1OC(CO)C(OC2OC(CO)C(OC3OC(CO)C(O)C(O)C3O)C(O)C2O)C(O)C1O)NC(=O)CCC. The summed E-state index contributed by atoms with van der Waals surface area (Å²) in [6, 6.07) is -0.982. The number of carbonyl (C=O) groups is 1. The lowest BCUT2D eigenvalue weighted by Crippen LogP contribution is -2.66. The van der Waals surface area contributed by atoms with Gasteiger partial charge in [-0.15, -0.1) is 0 Å². The van der Waals surface area contributed by atoms with E-state index < -0.39 is 124 Å². The number of ether oxygens (including phenoxy) is 6. The Hall–Kier alpha value is -1.73. The summed E-state index contributed by atoms with van der Waals surface area (Å²) in [5, 5.41) is 119. The topological polar surface area (TPSA) is 307 Å². The van der Waals surface area contributed by atoms with E-state index in [1.165, 1.54) is 148 Å². The molecule has 12 N–H and O–H groups in total. The Kier molecular flexibility index (Phi) is 37.2. The number of unbranched alkanes of at least 4 members (excludes halogenated alkanes) is 25. The standard InChI is InChI=1S/C57H105NO18/c1-3-5-6-7-8-9-10-11-12-13-14-15-16-17-18-19-20-21-22-23-24-25-26-27-28-29-30-31-32-33-35-41(62)40(58-45(63)34-4-2)39-71-55-51(69)48(66)53(43(37-60)73-55)76-57-52(70)49(67)54(44(38-61)74-57)75-56-50(68)47(65)46(64)42(36-59)72-56/h29-30,33,35,40-44,46-57,59-62,64-70H,3-28,31-32,34,36-39H2,1-2H3,(H,58,63)/b30-29+,35-33+. The highest BCUT2D eigenvalue weighted by Gasteiger charge is 2.53. The second-order valence-electron chi connectivity index (χ2n) is 21.5. The van der Waals surface area contributed by atoms with Crippen LogP contribution >= 0.6 is 0 Å². The number of allylic oxidation sites excluding steroid dienone is 3. The lowest BCUT2D eigenvalue weighted by Gasteiger charge is -2.48. The predicted molar refractivity (Wildman–Crippen MR) is 286 cm³/mol. The molecule has 19 nitrogen and oxygen atoms in total. The highest BCUT2D eigenvalue weighted by molar-refractivity contribution is 5.76. The molecule has 3 fully saturated rings. The fourth-order valence-corrected chi connectivity index (χ4v) is 10.1. The van der Waals surface area contributed by atoms with Crippen LogP contribution in [0, 0.1) is 0 Å². The number of carbonyl (C=O) groups excluding carboxylic acids is 1. The number of aliphatic hydroxyl groups excluding tert-OH is 11. The lowest BCUT2D eigenvalue weighted by molar-refractivity contribution is -0.379. The maximum Gasteiger partial charge on any atom is 0.220 e. The predicted octanol–water partition coefficient (Wildman–Crippen LogP) is 4.76. The zero-order valence-electron chi connectivity index (χ0n) is 46.2. The molecular weight excluding hydrogens is 987 g/mol. The number of nitrogens with one attached hydrogen (secondary N) is 1. The normalized spacial score (nSPS) is 31.1. The van der Waals surface area contributed by atoms with Crippen molar-refractivity contribution in [1.82, 2.24) is 5.32 Å². The maximum atomic E-state index is 12.6. The molecule has 0 aliphatic carbocycles. The van der Waals surface area contributed by atoms with Gasteiger partial charge in [0.15, 0.2) is 18.9 Å². The first-order valence-corrected chi connectivity index (χ1v) is 29.6. The molecule has 76 heavy (non-hydrogen) atoms. The van der Waals surface area contributed by atoms with Crippen molar-refractivity contribution in [3.8, 4) is 0 Å². The maximum absolute atomic E-state index is 12.6. The van der Waals surface area contributed by atoms with Gasteiger partial charge in [-0.25, -0.2) is 0 Å². The molecule has 0 aromatic rings. The number of rotatable bonds is 43. The quantitative estimate of drug-likeness (QED) is 0.0289. The third-order valence-corrected chi connectivity index (χ3v) is 15.0. The summed E-state index contributed by atoms with van der Waals surface area (Å²) < 4.78 is 33.8. The van der Waals surface area contributed by atoms with Crippen LogP contribution in [0.15, 0.2) is 24.3 Å². The van der Waals surface area contributed by atoms with Crippen molar-refractivity contribution in [2.24, 2.45) is 0 Å². The van der Waals surface area contributed by atoms with Gasteiger partial charge in [-0.2, -0.15) is 0 Å². The van der Waals surface area contributed by atoms with Gasteiger partial charge in [0.1, 0.15) is 73.2 Å². The smallest absolute Gasteiger partial charge is 0.220 e. The van der Waals surface area contributed by atoms with Crippen molar-refractivity contribution >= 4 is 5.91 Å². The summed E-state index contributed by atoms with van der Waals surface area (Å²) in [4.78, 5) is 12.6. The van der Waals surface area contributed by atoms with Crippen LogP contribution in [0.4, 0.5) is 0 Å². The molecule has 0 saturated carbocycles. The van der Waals surface area contributed by atoms with E-state index in [1.54, 1.807) is 6.08 Å². The van der Waals surface area contributed by atoms with Gasteiger partial charge in [0.2, 0.25) is 5.91 Å². The molecule has 1 amide bonds. The third kappa shape index (κ3) is 25.4. The largest absolute Gasteiger partial charge is 0.394 e. The van der Waals surface area contributed by atoms with Crippen LogP contribution in [0.25, 0.3) is 0 Å². The Balaban J connectivity index is 1.30. The van der Waals surface area contributed by atoms with Crippen LogP contribution in [-0.4, -0.2) is 193 Å². The van der Waals surface area contributed by atoms with E-state index in [-0.39, 0.29) is 18.9 Å². The number of hydrogen-bond donors (Lipinski definition) is 12. The minimum absolute atomic E-state index is 0.186. The Morgan fingerprint density at radius 1 is 0.461 bits per heavy atom. The minimum Gasteiger partial charge on any atom is -0.394 e. The Morgan fingerprint density at radius 2 is 0.842 bits per heavy atom. The monoisotopic (exact) mass is 1090 g/mol. The van der Waals surface area contributed by atoms with Crippen molar-refractivity contribution in [1.29, 1.82) is 0 Å². The van der Waals surface area contributed by atoms with Gasteiger partial charge >= 0.3 is 0 Å². The van der Waals surface area contributed by atoms with Crippen LogP contribution in [0.2, 0.25) is 0 Å². The van der Waals surface area contributed by atoms with Crippen LogP contribution < -0.4 is 5.32 Å². The van der Waals surface area contributed by atoms with Gasteiger partial charge in [-0.3, -0.25) is 4.79 Å². The van der Waals surface area contributed by atoms with Crippen LogP contribution in [0.5, 0.6) is 0 Å². The summed E-state index contributed by atoms with van der Waals surface area (Å²) in [5.41, 5.74) is 0. The highest BCUT2D eigenvalue weighted by atomic mass is 16.8. The zero-order chi connectivity index (χ0) is 55.5. The first-order valence-electron chi connectivity index (χ1n) is 29.6. The van der Waals surface area contributed by atoms with Crippen LogP contribution in [0.3, 0.4) is 0 Å². The summed E-state index contributed by atoms with van der Waals surface area (Å²) in [6.07, 6.45) is 17.1. The van der Waals surface area contributed by atoms with Crippen LogP contribution in [0.1, 0.15) is 200 Å². The highest BCUT2D eigenvalue weighted by Crippen LogP contribution is 2.33. The summed E-state index contributed by atoms with van der Waals surface area (Å²) >= 11 is 0. The molecule has 3 aliphatic heterocycles. The molecule has 0 aromatic heterocycles. The molecule has 3 rings (SSSR count). The zero-order valence-corrected chi connectivity index (χ0v) is 46.2. The molecule has 17 atom stereocenters. The summed E-state index contributed by atoms with van der Waals surface area (Å²) in [7, 11) is 0. The molecular formula is C57H105NO18. The molecule has 0 aromatic carbocycles. The Labute approximate surface area is 454 Å². The lowest BCUT2D eigenvalue weighted by atomic mass is 9.96. The number of hydrogen-bond acceptors (Lipinski definition) is 18. The van der Waals surface area contributed by atoms with Crippen molar-refractivity contribution in [2.45, 2.75) is 304 Å². The second-order valence-corrected chi connectivity index (χ2v) is 21.5. The third-order valence-electron chi connectivity index (χ3n) is 15.0. The molecule has 17 unspecified atom stereocenters. The average molecular weight is 1090 g/mol. The van der Waals surface area contributed by atoms with E-state index in [2.05, 4.69) is 24.4 Å². The molecule has 19 heteroatoms. The number of aliphatic hydroxyl groups is 11. The number of amides is 1. The summed E-state index contributed by atoms with van der Waals surface area (Å²) in [5.74, 6) is -0.339. The molecule has 0 spiro atoms. The van der Waals surface area contributed by atoms with Crippen molar-refractivity contribution in [3.05, 3.63) is 24.3 Å². The van der Waals surface area contributed by atoms with Crippen molar-refractivity contribution in [2.75, 3.05) is 26.4 Å². The van der Waals surface area contributed by atoms with Gasteiger partial charge in [-0.05, 0) is 32.1 Å². The minimum atomic E-state index is -1.98. The van der Waals surface area contributed by atoms with E-state index in [4.69, 9.17) is 28.4 Å². The molecule has 446 valence electrons. The molecule has 3 saturated heterocycles. The molecule has 3 heterocycles. The van der Waals surface area contributed by atoms with Crippen LogP contribution in [-0.2, 0) is 33.2 Å². The van der Waals surface area contributed by atoms with E-state index in [0.717, 1.165) is 19.3 Å². The molecule has 0 radical (unpaired) electrons. The molecule has 0 bridgehead atoms. The molecule has 3 aliphatic rings. The van der Waals surface area contributed by atoms with E-state index in [9.17, 15) is 61.0 Å². The van der Waals surface area contributed by atoms with Crippen molar-refractivity contribution in [3.63, 3.8) is 0 Å². The van der Waals surface area contributed by atoms with Gasteiger partial charge in [0.05, 0.1) is 38.6 Å². The summed E-state index contributed by atoms with van der Waals surface area (Å²) in [6.45, 7) is 1.32. The Bertz CT molecular complexity index is 1490. The van der Waals surface area contributed by atoms with E-state index >= 15 is 0 Å². The average Bonchev–Trinajstić information content (AvgIpc) is 3.41. The van der Waals surface area contributed by atoms with E-state index in [1.807, 2.05) is 13.0 Å². The Morgan fingerprint density at radius 3 is 1.29 bits per heavy atom. The first kappa shape index (κ1) is 68.5. The second kappa shape index (κ2) is 41.3. The first-order chi connectivity index (χ1) is 36.8. The fourth-order valence-electron chi connectivity index (χ4n) is 10.1. The van der Waals surface area contributed by atoms with E-state index in [0.29, 0.717) is 12.8 Å². The van der Waals surface area contributed by atoms with Gasteiger partial charge in [0.25, 0.3) is 0 Å². The van der Waals surface area contributed by atoms with Crippen molar-refractivity contribution < 1.29 is 89.4 Å². The van der Waals surface area contributed by atoms with Gasteiger partial charge in [-0.1, -0.05) is 186 Å². The van der Waals surface area contributed by atoms with Gasteiger partial charge in [0, 0.05) is 6.42 Å². The fraction of sp³-hybridized carbons (Fsp3) is 0.912.